The summed E-state index contributed by atoms with van der Waals surface area (Å²) in [6.45, 7) is 9.54. The minimum Gasteiger partial charge on any atom is -0.372 e. The molecule has 0 bridgehead atoms. The van der Waals surface area contributed by atoms with E-state index in [1.807, 2.05) is 0 Å². The first kappa shape index (κ1) is 13.9. The zero-order valence-corrected chi connectivity index (χ0v) is 10.3. The van der Waals surface area contributed by atoms with Crippen LogP contribution in [0.3, 0.4) is 0 Å². The number of ether oxygens (including phenoxy) is 1. The average molecular weight is 201 g/mol. The molecule has 0 saturated heterocycles. The van der Waals surface area contributed by atoms with Crippen molar-refractivity contribution in [1.82, 2.24) is 0 Å². The van der Waals surface area contributed by atoms with Gasteiger partial charge in [-0.3, -0.25) is 0 Å². The van der Waals surface area contributed by atoms with E-state index in [9.17, 15) is 0 Å². The molecule has 0 amide bonds. The summed E-state index contributed by atoms with van der Waals surface area (Å²) in [4.78, 5) is 0. The molecule has 2 nitrogen and oxygen atoms in total. The maximum absolute atomic E-state index is 6.13. The second-order valence-corrected chi connectivity index (χ2v) is 4.25. The molecule has 0 aliphatic carbocycles. The van der Waals surface area contributed by atoms with E-state index in [2.05, 4.69) is 27.7 Å². The van der Waals surface area contributed by atoms with E-state index in [1.165, 1.54) is 0 Å². The minimum absolute atomic E-state index is 0.0378. The van der Waals surface area contributed by atoms with Crippen LogP contribution in [0.5, 0.6) is 0 Å². The highest BCUT2D eigenvalue weighted by Gasteiger charge is 2.24. The van der Waals surface area contributed by atoms with Crippen LogP contribution in [0.15, 0.2) is 0 Å². The van der Waals surface area contributed by atoms with E-state index >= 15 is 0 Å². The second kappa shape index (κ2) is 7.24. The van der Waals surface area contributed by atoms with Crippen LogP contribution in [-0.4, -0.2) is 18.2 Å². The quantitative estimate of drug-likeness (QED) is 0.655. The summed E-state index contributed by atoms with van der Waals surface area (Å²) in [5.74, 6) is 0. The van der Waals surface area contributed by atoms with Crippen LogP contribution in [0.4, 0.5) is 0 Å². The Morgan fingerprint density at radius 1 is 1.21 bits per heavy atom. The van der Waals surface area contributed by atoms with Gasteiger partial charge < -0.3 is 10.5 Å². The molecular formula is C12H27NO. The Morgan fingerprint density at radius 2 is 1.79 bits per heavy atom. The zero-order valence-electron chi connectivity index (χ0n) is 10.3. The van der Waals surface area contributed by atoms with E-state index in [-0.39, 0.29) is 5.60 Å². The molecule has 1 atom stereocenters. The van der Waals surface area contributed by atoms with E-state index in [4.69, 9.17) is 10.5 Å². The minimum atomic E-state index is 0.0378. The van der Waals surface area contributed by atoms with Crippen molar-refractivity contribution in [2.75, 3.05) is 6.54 Å². The Labute approximate surface area is 89.2 Å². The lowest BCUT2D eigenvalue weighted by molar-refractivity contribution is -0.0924. The van der Waals surface area contributed by atoms with Crippen molar-refractivity contribution in [1.29, 1.82) is 0 Å². The van der Waals surface area contributed by atoms with Crippen molar-refractivity contribution >= 4 is 0 Å². The lowest BCUT2D eigenvalue weighted by Crippen LogP contribution is -2.33. The number of hydrogen-bond donors (Lipinski definition) is 1. The summed E-state index contributed by atoms with van der Waals surface area (Å²) in [5.41, 5.74) is 5.57. The van der Waals surface area contributed by atoms with Crippen LogP contribution in [-0.2, 0) is 4.74 Å². The molecule has 0 aromatic carbocycles. The van der Waals surface area contributed by atoms with E-state index < -0.39 is 0 Å². The van der Waals surface area contributed by atoms with Gasteiger partial charge in [-0.1, -0.05) is 20.8 Å². The third-order valence-corrected chi connectivity index (χ3v) is 3.02. The molecule has 0 heterocycles. The van der Waals surface area contributed by atoms with Gasteiger partial charge in [-0.15, -0.1) is 0 Å². The third-order valence-electron chi connectivity index (χ3n) is 3.02. The van der Waals surface area contributed by atoms with Gasteiger partial charge >= 0.3 is 0 Å². The molecular weight excluding hydrogens is 174 g/mol. The highest BCUT2D eigenvalue weighted by Crippen LogP contribution is 2.25. The highest BCUT2D eigenvalue weighted by atomic mass is 16.5. The van der Waals surface area contributed by atoms with Crippen LogP contribution >= 0.6 is 0 Å². The van der Waals surface area contributed by atoms with Crippen molar-refractivity contribution < 1.29 is 4.74 Å². The zero-order chi connectivity index (χ0) is 11.0. The smallest absolute Gasteiger partial charge is 0.0656 e. The Balaban J connectivity index is 4.07. The molecule has 0 radical (unpaired) electrons. The monoisotopic (exact) mass is 201 g/mol. The topological polar surface area (TPSA) is 35.2 Å². The predicted molar refractivity (Wildman–Crippen MR) is 62.4 cm³/mol. The molecule has 0 saturated carbocycles. The van der Waals surface area contributed by atoms with Crippen LogP contribution in [0.1, 0.15) is 59.8 Å². The highest BCUT2D eigenvalue weighted by molar-refractivity contribution is 4.75. The Hall–Kier alpha value is -0.0800. The Morgan fingerprint density at radius 3 is 2.14 bits per heavy atom. The van der Waals surface area contributed by atoms with Gasteiger partial charge in [-0.2, -0.15) is 0 Å². The summed E-state index contributed by atoms with van der Waals surface area (Å²) >= 11 is 0. The normalized spacial score (nSPS) is 15.9. The molecule has 0 fully saturated rings. The van der Waals surface area contributed by atoms with Gasteiger partial charge in [0.05, 0.1) is 11.7 Å². The third kappa shape index (κ3) is 4.97. The van der Waals surface area contributed by atoms with Crippen molar-refractivity contribution in [2.24, 2.45) is 5.73 Å². The summed E-state index contributed by atoms with van der Waals surface area (Å²) in [5, 5.41) is 0. The molecule has 86 valence electrons. The fourth-order valence-corrected chi connectivity index (χ4v) is 1.65. The van der Waals surface area contributed by atoms with Crippen LogP contribution < -0.4 is 5.73 Å². The van der Waals surface area contributed by atoms with Crippen molar-refractivity contribution in [2.45, 2.75) is 71.5 Å². The molecule has 0 aliphatic rings. The van der Waals surface area contributed by atoms with E-state index in [0.717, 1.165) is 38.6 Å². The maximum atomic E-state index is 6.13. The standard InChI is InChI=1S/C12H27NO/c1-5-11(6-2)14-12(4,7-3)9-8-10-13/h11H,5-10,13H2,1-4H3. The lowest BCUT2D eigenvalue weighted by atomic mass is 9.96. The summed E-state index contributed by atoms with van der Waals surface area (Å²) < 4.78 is 6.13. The molecule has 0 rings (SSSR count). The molecule has 2 N–H and O–H groups in total. The molecule has 1 unspecified atom stereocenters. The Kier molecular flexibility index (Phi) is 7.20. The van der Waals surface area contributed by atoms with Gasteiger partial charge in [0.2, 0.25) is 0 Å². The van der Waals surface area contributed by atoms with E-state index in [1.54, 1.807) is 0 Å². The first-order valence-corrected chi connectivity index (χ1v) is 5.99. The molecule has 0 aromatic heterocycles. The van der Waals surface area contributed by atoms with Gasteiger partial charge in [-0.25, -0.2) is 0 Å². The lowest BCUT2D eigenvalue weighted by Gasteiger charge is -2.33. The number of rotatable bonds is 8. The van der Waals surface area contributed by atoms with Crippen LogP contribution in [0, 0.1) is 0 Å². The number of nitrogens with two attached hydrogens (primary N) is 1. The fraction of sp³-hybridized carbons (Fsp3) is 1.00. The Bertz CT molecular complexity index is 134. The largest absolute Gasteiger partial charge is 0.372 e. The second-order valence-electron chi connectivity index (χ2n) is 4.25. The molecule has 0 aliphatic heterocycles. The fourth-order valence-electron chi connectivity index (χ4n) is 1.65. The number of hydrogen-bond acceptors (Lipinski definition) is 2. The van der Waals surface area contributed by atoms with Gasteiger partial charge in [0.25, 0.3) is 0 Å². The molecule has 14 heavy (non-hydrogen) atoms. The van der Waals surface area contributed by atoms with Crippen molar-refractivity contribution in [3.05, 3.63) is 0 Å². The van der Waals surface area contributed by atoms with E-state index in [0.29, 0.717) is 6.10 Å². The van der Waals surface area contributed by atoms with Gasteiger partial charge in [0.1, 0.15) is 0 Å². The van der Waals surface area contributed by atoms with Gasteiger partial charge in [-0.05, 0) is 45.6 Å². The summed E-state index contributed by atoms with van der Waals surface area (Å²) in [7, 11) is 0. The molecule has 2 heteroatoms. The van der Waals surface area contributed by atoms with Crippen LogP contribution in [0.2, 0.25) is 0 Å². The average Bonchev–Trinajstić information content (AvgIpc) is 2.23. The SMILES string of the molecule is CCC(CC)OC(C)(CC)CCCN. The predicted octanol–water partition coefficient (Wildman–Crippen LogP) is 3.10. The van der Waals surface area contributed by atoms with Crippen molar-refractivity contribution in [3.8, 4) is 0 Å². The summed E-state index contributed by atoms with van der Waals surface area (Å²) in [6, 6.07) is 0. The summed E-state index contributed by atoms with van der Waals surface area (Å²) in [6.07, 6.45) is 5.84. The van der Waals surface area contributed by atoms with Gasteiger partial charge in [0, 0.05) is 0 Å². The first-order chi connectivity index (χ1) is 6.61. The molecule has 0 spiro atoms. The van der Waals surface area contributed by atoms with Crippen LogP contribution in [0.25, 0.3) is 0 Å². The molecule has 0 aromatic rings. The van der Waals surface area contributed by atoms with Crippen molar-refractivity contribution in [3.63, 3.8) is 0 Å². The maximum Gasteiger partial charge on any atom is 0.0656 e. The van der Waals surface area contributed by atoms with Gasteiger partial charge in [0.15, 0.2) is 0 Å². The first-order valence-electron chi connectivity index (χ1n) is 5.99.